The zero-order chi connectivity index (χ0) is 17.9. The fraction of sp³-hybridized carbons (Fsp3) is 0.867. The Kier molecular flexibility index (Phi) is 6.84. The summed E-state index contributed by atoms with van der Waals surface area (Å²) in [6.07, 6.45) is -1.82. The van der Waals surface area contributed by atoms with E-state index in [2.05, 4.69) is 0 Å². The summed E-state index contributed by atoms with van der Waals surface area (Å²) in [6, 6.07) is -1.01. The first-order valence-corrected chi connectivity index (χ1v) is 7.24. The molecule has 0 saturated carbocycles. The molecule has 0 aliphatic rings. The highest BCUT2D eigenvalue weighted by Gasteiger charge is 2.43. The van der Waals surface area contributed by atoms with Gasteiger partial charge in [-0.1, -0.05) is 0 Å². The first-order chi connectivity index (χ1) is 9.72. The van der Waals surface area contributed by atoms with Crippen LogP contribution in [0.1, 0.15) is 48.5 Å². The van der Waals surface area contributed by atoms with Gasteiger partial charge in [0.05, 0.1) is 18.8 Å². The van der Waals surface area contributed by atoms with Crippen LogP contribution in [0.15, 0.2) is 0 Å². The predicted molar refractivity (Wildman–Crippen MR) is 83.5 cm³/mol. The molecule has 1 N–H and O–H groups in total. The van der Waals surface area contributed by atoms with E-state index in [0.29, 0.717) is 0 Å². The second kappa shape index (κ2) is 7.28. The topological polar surface area (TPSA) is 79.3 Å². The minimum absolute atomic E-state index is 0.475. The first kappa shape index (κ1) is 20.7. The van der Waals surface area contributed by atoms with Gasteiger partial charge in [0.15, 0.2) is 0 Å². The van der Waals surface area contributed by atoms with Crippen molar-refractivity contribution in [3.8, 4) is 0 Å². The Morgan fingerprint density at radius 2 is 1.55 bits per heavy atom. The van der Waals surface area contributed by atoms with Crippen molar-refractivity contribution in [1.29, 1.82) is 0 Å². The molecule has 7 nitrogen and oxygen atoms in total. The van der Waals surface area contributed by atoms with Crippen molar-refractivity contribution in [2.45, 2.75) is 71.8 Å². The van der Waals surface area contributed by atoms with Gasteiger partial charge in [-0.25, -0.2) is 9.86 Å². The molecule has 0 unspecified atom stereocenters. The lowest BCUT2D eigenvalue weighted by molar-refractivity contribution is -0.184. The zero-order valence-corrected chi connectivity index (χ0v) is 15.1. The van der Waals surface area contributed by atoms with Crippen LogP contribution >= 0.6 is 0 Å². The van der Waals surface area contributed by atoms with E-state index in [9.17, 15) is 14.7 Å². The first-order valence-electron chi connectivity index (χ1n) is 7.24. The molecular weight excluding hydrogens is 288 g/mol. The Labute approximate surface area is 133 Å². The maximum Gasteiger partial charge on any atom is 0.408 e. The van der Waals surface area contributed by atoms with Crippen LogP contribution in [-0.4, -0.2) is 64.5 Å². The summed E-state index contributed by atoms with van der Waals surface area (Å²) in [5.74, 6) is -0.475. The van der Waals surface area contributed by atoms with Gasteiger partial charge in [-0.3, -0.25) is 14.5 Å². The summed E-state index contributed by atoms with van der Waals surface area (Å²) < 4.78 is 5.83. The number of hydroxylamine groups is 2. The van der Waals surface area contributed by atoms with Gasteiger partial charge in [-0.05, 0) is 48.5 Å². The smallest absolute Gasteiger partial charge is 0.408 e. The lowest BCUT2D eigenvalue weighted by Crippen LogP contribution is -2.61. The highest BCUT2D eigenvalue weighted by atomic mass is 16.7. The number of hydrogen-bond donors (Lipinski definition) is 1. The molecule has 22 heavy (non-hydrogen) atoms. The molecule has 0 saturated heterocycles. The molecule has 130 valence electrons. The van der Waals surface area contributed by atoms with Crippen molar-refractivity contribution < 1.29 is 24.3 Å². The summed E-state index contributed by atoms with van der Waals surface area (Å²) >= 11 is 0. The number of likely N-dealkylation sites (N-methyl/N-ethyl adjacent to an activating group) is 1. The van der Waals surface area contributed by atoms with Crippen LogP contribution in [-0.2, 0) is 14.4 Å². The SMILES string of the molecule is CON(C)C(=O)[C@H]([C@@H](C)OC(C)(C)C)N(C(=O)O)C(C)(C)C. The van der Waals surface area contributed by atoms with E-state index in [1.54, 1.807) is 27.7 Å². The van der Waals surface area contributed by atoms with Crippen LogP contribution in [0.2, 0.25) is 0 Å². The van der Waals surface area contributed by atoms with Gasteiger partial charge in [-0.2, -0.15) is 0 Å². The molecule has 0 heterocycles. The van der Waals surface area contributed by atoms with Gasteiger partial charge in [0, 0.05) is 12.6 Å². The van der Waals surface area contributed by atoms with Crippen molar-refractivity contribution in [3.63, 3.8) is 0 Å². The number of hydrogen-bond acceptors (Lipinski definition) is 4. The molecule has 0 rings (SSSR count). The number of amides is 2. The third kappa shape index (κ3) is 5.81. The third-order valence-electron chi connectivity index (χ3n) is 3.03. The van der Waals surface area contributed by atoms with E-state index in [4.69, 9.17) is 9.57 Å². The minimum Gasteiger partial charge on any atom is -0.465 e. The molecule has 0 aliphatic carbocycles. The third-order valence-corrected chi connectivity index (χ3v) is 3.03. The van der Waals surface area contributed by atoms with Crippen LogP contribution < -0.4 is 0 Å². The van der Waals surface area contributed by atoms with E-state index in [0.717, 1.165) is 9.96 Å². The van der Waals surface area contributed by atoms with Crippen molar-refractivity contribution in [3.05, 3.63) is 0 Å². The van der Waals surface area contributed by atoms with Crippen molar-refractivity contribution >= 4 is 12.0 Å². The Morgan fingerprint density at radius 3 is 1.82 bits per heavy atom. The molecular formula is C15H30N2O5. The predicted octanol–water partition coefficient (Wildman–Crippen LogP) is 2.36. The Hall–Kier alpha value is -1.34. The number of carbonyl (C=O) groups excluding carboxylic acids is 1. The fourth-order valence-electron chi connectivity index (χ4n) is 2.24. The average Bonchev–Trinajstić information content (AvgIpc) is 2.29. The second-order valence-electron chi connectivity index (χ2n) is 7.22. The maximum absolute atomic E-state index is 12.6. The van der Waals surface area contributed by atoms with Gasteiger partial charge in [0.2, 0.25) is 0 Å². The van der Waals surface area contributed by atoms with Crippen LogP contribution in [0.3, 0.4) is 0 Å². The van der Waals surface area contributed by atoms with Gasteiger partial charge in [0.25, 0.3) is 5.91 Å². The van der Waals surface area contributed by atoms with E-state index >= 15 is 0 Å². The number of carboxylic acid groups (broad SMARTS) is 1. The molecule has 2 atom stereocenters. The molecule has 0 fully saturated rings. The highest BCUT2D eigenvalue weighted by molar-refractivity contribution is 5.85. The number of carbonyl (C=O) groups is 2. The number of rotatable bonds is 5. The summed E-state index contributed by atoms with van der Waals surface area (Å²) in [4.78, 5) is 30.4. The Balaban J connectivity index is 5.77. The molecule has 0 radical (unpaired) electrons. The summed E-state index contributed by atoms with van der Waals surface area (Å²) in [7, 11) is 2.80. The minimum atomic E-state index is -1.18. The second-order valence-corrected chi connectivity index (χ2v) is 7.22. The van der Waals surface area contributed by atoms with Crippen LogP contribution in [0.4, 0.5) is 4.79 Å². The van der Waals surface area contributed by atoms with E-state index < -0.39 is 35.3 Å². The van der Waals surface area contributed by atoms with Crippen molar-refractivity contribution in [2.24, 2.45) is 0 Å². The molecule has 0 aromatic carbocycles. The standard InChI is InChI=1S/C15H30N2O5/c1-10(22-15(5,6)7)11(12(18)16(8)21-9)17(13(19)20)14(2,3)4/h10-11H,1-9H3,(H,19,20)/t10-,11+/m1/s1. The lowest BCUT2D eigenvalue weighted by Gasteiger charge is -2.43. The van der Waals surface area contributed by atoms with Crippen LogP contribution in [0.5, 0.6) is 0 Å². The largest absolute Gasteiger partial charge is 0.465 e. The average molecular weight is 318 g/mol. The molecule has 7 heteroatoms. The van der Waals surface area contributed by atoms with E-state index in [1.807, 2.05) is 20.8 Å². The van der Waals surface area contributed by atoms with Gasteiger partial charge in [0.1, 0.15) is 6.04 Å². The zero-order valence-electron chi connectivity index (χ0n) is 15.1. The Morgan fingerprint density at radius 1 is 1.09 bits per heavy atom. The quantitative estimate of drug-likeness (QED) is 0.787. The van der Waals surface area contributed by atoms with Gasteiger partial charge >= 0.3 is 6.09 Å². The Bertz CT molecular complexity index is 398. The summed E-state index contributed by atoms with van der Waals surface area (Å²) in [5.41, 5.74) is -1.28. The summed E-state index contributed by atoms with van der Waals surface area (Å²) in [6.45, 7) is 12.5. The van der Waals surface area contributed by atoms with Crippen LogP contribution in [0, 0.1) is 0 Å². The molecule has 0 bridgehead atoms. The van der Waals surface area contributed by atoms with Crippen LogP contribution in [0.25, 0.3) is 0 Å². The normalized spacial score (nSPS) is 15.1. The monoisotopic (exact) mass is 318 g/mol. The maximum atomic E-state index is 12.6. The number of ether oxygens (including phenoxy) is 1. The highest BCUT2D eigenvalue weighted by Crippen LogP contribution is 2.24. The molecule has 0 aromatic rings. The molecule has 0 spiro atoms. The summed E-state index contributed by atoms with van der Waals surface area (Å²) in [5, 5.41) is 10.6. The molecule has 0 aromatic heterocycles. The van der Waals surface area contributed by atoms with Gasteiger partial charge in [-0.15, -0.1) is 0 Å². The molecule has 0 aliphatic heterocycles. The fourth-order valence-corrected chi connectivity index (χ4v) is 2.24. The van der Waals surface area contributed by atoms with Gasteiger partial charge < -0.3 is 9.84 Å². The van der Waals surface area contributed by atoms with E-state index in [1.165, 1.54) is 14.2 Å². The lowest BCUT2D eigenvalue weighted by atomic mass is 9.99. The van der Waals surface area contributed by atoms with Crippen molar-refractivity contribution in [2.75, 3.05) is 14.2 Å². The van der Waals surface area contributed by atoms with E-state index in [-0.39, 0.29) is 0 Å². The molecule has 2 amide bonds. The van der Waals surface area contributed by atoms with Crippen molar-refractivity contribution in [1.82, 2.24) is 9.96 Å². The number of nitrogens with zero attached hydrogens (tertiary/aromatic N) is 2.